The molecule has 1 heterocycles. The maximum absolute atomic E-state index is 11.8. The fourth-order valence-electron chi connectivity index (χ4n) is 1.81. The van der Waals surface area contributed by atoms with Gasteiger partial charge in [0.1, 0.15) is 17.4 Å². The van der Waals surface area contributed by atoms with Crippen LogP contribution in [0.5, 0.6) is 0 Å². The van der Waals surface area contributed by atoms with Crippen LogP contribution in [0.2, 0.25) is 5.02 Å². The van der Waals surface area contributed by atoms with Crippen LogP contribution >= 0.6 is 11.6 Å². The minimum atomic E-state index is -0.906. The molecule has 122 valence electrons. The smallest absolute Gasteiger partial charge is 0.349 e. The molecule has 1 N–H and O–H groups in total. The van der Waals surface area contributed by atoms with E-state index in [1.165, 1.54) is 12.3 Å². The highest BCUT2D eigenvalue weighted by atomic mass is 35.5. The Morgan fingerprint density at radius 3 is 2.83 bits per heavy atom. The molecule has 7 heteroatoms. The molecule has 0 spiro atoms. The Hall–Kier alpha value is -3.04. The van der Waals surface area contributed by atoms with Gasteiger partial charge in [-0.15, -0.1) is 0 Å². The van der Waals surface area contributed by atoms with Gasteiger partial charge in [0.2, 0.25) is 0 Å². The van der Waals surface area contributed by atoms with Crippen LogP contribution in [0.4, 0.5) is 5.69 Å². The van der Waals surface area contributed by atoms with E-state index in [-0.39, 0.29) is 5.57 Å². The number of esters is 1. The van der Waals surface area contributed by atoms with Gasteiger partial charge in [0, 0.05) is 16.8 Å². The Labute approximate surface area is 143 Å². The van der Waals surface area contributed by atoms with Crippen molar-refractivity contribution in [3.63, 3.8) is 0 Å². The maximum atomic E-state index is 11.8. The molecule has 0 aliphatic rings. The number of ether oxygens (including phenoxy) is 1. The summed E-state index contributed by atoms with van der Waals surface area (Å²) in [7, 11) is 0. The van der Waals surface area contributed by atoms with E-state index in [1.807, 2.05) is 0 Å². The maximum Gasteiger partial charge on any atom is 0.349 e. The number of anilines is 1. The first-order chi connectivity index (χ1) is 11.5. The molecule has 0 bridgehead atoms. The Bertz CT molecular complexity index is 820. The second-order valence-electron chi connectivity index (χ2n) is 4.77. The molecule has 0 aliphatic carbocycles. The molecule has 0 saturated heterocycles. The van der Waals surface area contributed by atoms with Gasteiger partial charge in [0.25, 0.3) is 5.91 Å². The van der Waals surface area contributed by atoms with Crippen molar-refractivity contribution in [2.75, 3.05) is 11.9 Å². The first kappa shape index (κ1) is 17.3. The third-order valence-electron chi connectivity index (χ3n) is 2.97. The fraction of sp³-hybridized carbons (Fsp3) is 0.118. The SMILES string of the molecule is Cc1cc(Cl)ccc1NC(=O)COC(=O)/C(C#N)=C/c1ccco1. The highest BCUT2D eigenvalue weighted by Crippen LogP contribution is 2.19. The molecular formula is C17H13ClN2O4. The zero-order valence-corrected chi connectivity index (χ0v) is 13.5. The van der Waals surface area contributed by atoms with Gasteiger partial charge in [-0.2, -0.15) is 5.26 Å². The lowest BCUT2D eigenvalue weighted by Gasteiger charge is -2.09. The molecule has 1 amide bonds. The lowest BCUT2D eigenvalue weighted by molar-refractivity contribution is -0.142. The molecule has 2 aromatic rings. The van der Waals surface area contributed by atoms with Gasteiger partial charge in [0.05, 0.1) is 6.26 Å². The molecule has 0 atom stereocenters. The average Bonchev–Trinajstić information content (AvgIpc) is 3.06. The van der Waals surface area contributed by atoms with Crippen molar-refractivity contribution in [2.45, 2.75) is 6.92 Å². The molecule has 24 heavy (non-hydrogen) atoms. The van der Waals surface area contributed by atoms with Gasteiger partial charge in [-0.1, -0.05) is 11.6 Å². The Balaban J connectivity index is 1.93. The molecule has 1 aromatic carbocycles. The topological polar surface area (TPSA) is 92.3 Å². The van der Waals surface area contributed by atoms with Gasteiger partial charge in [0.15, 0.2) is 6.61 Å². The zero-order chi connectivity index (χ0) is 17.5. The molecule has 6 nitrogen and oxygen atoms in total. The van der Waals surface area contributed by atoms with Crippen molar-refractivity contribution in [3.05, 3.63) is 58.5 Å². The summed E-state index contributed by atoms with van der Waals surface area (Å²) >= 11 is 5.84. The number of nitrogens with zero attached hydrogens (tertiary/aromatic N) is 1. The summed E-state index contributed by atoms with van der Waals surface area (Å²) in [6.07, 6.45) is 2.65. The number of nitriles is 1. The molecule has 2 rings (SSSR count). The summed E-state index contributed by atoms with van der Waals surface area (Å²) in [5.74, 6) is -1.09. The average molecular weight is 345 g/mol. The summed E-state index contributed by atoms with van der Waals surface area (Å²) in [4.78, 5) is 23.7. The highest BCUT2D eigenvalue weighted by molar-refractivity contribution is 6.30. The molecular weight excluding hydrogens is 332 g/mol. The monoisotopic (exact) mass is 344 g/mol. The van der Waals surface area contributed by atoms with Gasteiger partial charge in [-0.3, -0.25) is 4.79 Å². The van der Waals surface area contributed by atoms with E-state index in [1.54, 1.807) is 43.3 Å². The number of rotatable bonds is 5. The van der Waals surface area contributed by atoms with Crippen molar-refractivity contribution >= 4 is 35.2 Å². The van der Waals surface area contributed by atoms with Crippen molar-refractivity contribution in [2.24, 2.45) is 0 Å². The van der Waals surface area contributed by atoms with Crippen LogP contribution in [0.1, 0.15) is 11.3 Å². The van der Waals surface area contributed by atoms with Crippen LogP contribution in [0.15, 0.2) is 46.6 Å². The molecule has 0 unspecified atom stereocenters. The summed E-state index contributed by atoms with van der Waals surface area (Å²) in [5.41, 5.74) is 1.07. The first-order valence-electron chi connectivity index (χ1n) is 6.88. The number of aryl methyl sites for hydroxylation is 1. The second kappa shape index (κ2) is 7.99. The van der Waals surface area contributed by atoms with Crippen LogP contribution < -0.4 is 5.32 Å². The van der Waals surface area contributed by atoms with Crippen LogP contribution in [0.25, 0.3) is 6.08 Å². The van der Waals surface area contributed by atoms with Crippen LogP contribution in [0.3, 0.4) is 0 Å². The standard InChI is InChI=1S/C17H13ClN2O4/c1-11-7-13(18)4-5-15(11)20-16(21)10-24-17(22)12(9-19)8-14-3-2-6-23-14/h2-8H,10H2,1H3,(H,20,21)/b12-8+. The zero-order valence-electron chi connectivity index (χ0n) is 12.7. The number of benzene rings is 1. The molecule has 0 aliphatic heterocycles. The van der Waals surface area contributed by atoms with Crippen molar-refractivity contribution in [1.29, 1.82) is 5.26 Å². The van der Waals surface area contributed by atoms with Crippen molar-refractivity contribution < 1.29 is 18.7 Å². The van der Waals surface area contributed by atoms with Gasteiger partial charge in [-0.05, 0) is 42.8 Å². The van der Waals surface area contributed by atoms with Gasteiger partial charge < -0.3 is 14.5 Å². The number of halogens is 1. The van der Waals surface area contributed by atoms with E-state index in [9.17, 15) is 9.59 Å². The number of carbonyl (C=O) groups is 2. The quantitative estimate of drug-likeness (QED) is 0.510. The van der Waals surface area contributed by atoms with Gasteiger partial charge >= 0.3 is 5.97 Å². The van der Waals surface area contributed by atoms with E-state index in [2.05, 4.69) is 5.32 Å². The Morgan fingerprint density at radius 1 is 1.42 bits per heavy atom. The minimum Gasteiger partial charge on any atom is -0.465 e. The summed E-state index contributed by atoms with van der Waals surface area (Å²) in [5, 5.41) is 12.1. The fourth-order valence-corrected chi connectivity index (χ4v) is 2.04. The van der Waals surface area contributed by atoms with Crippen molar-refractivity contribution in [3.8, 4) is 6.07 Å². The molecule has 0 saturated carbocycles. The lowest BCUT2D eigenvalue weighted by atomic mass is 10.2. The van der Waals surface area contributed by atoms with Crippen LogP contribution in [-0.2, 0) is 14.3 Å². The van der Waals surface area contributed by atoms with E-state index < -0.39 is 18.5 Å². The predicted molar refractivity (Wildman–Crippen MR) is 88.1 cm³/mol. The normalized spacial score (nSPS) is 10.8. The summed E-state index contributed by atoms with van der Waals surface area (Å²) in [6, 6.07) is 9.89. The van der Waals surface area contributed by atoms with Crippen LogP contribution in [-0.4, -0.2) is 18.5 Å². The Morgan fingerprint density at radius 2 is 2.21 bits per heavy atom. The Kier molecular flexibility index (Phi) is 5.77. The van der Waals surface area contributed by atoms with E-state index in [0.29, 0.717) is 16.5 Å². The number of amides is 1. The third-order valence-corrected chi connectivity index (χ3v) is 3.20. The number of carbonyl (C=O) groups excluding carboxylic acids is 2. The highest BCUT2D eigenvalue weighted by Gasteiger charge is 2.14. The van der Waals surface area contributed by atoms with Crippen LogP contribution in [0, 0.1) is 18.3 Å². The van der Waals surface area contributed by atoms with Crippen molar-refractivity contribution in [1.82, 2.24) is 0 Å². The minimum absolute atomic E-state index is 0.263. The number of hydrogen-bond donors (Lipinski definition) is 1. The lowest BCUT2D eigenvalue weighted by Crippen LogP contribution is -2.21. The molecule has 1 aromatic heterocycles. The summed E-state index contributed by atoms with van der Waals surface area (Å²) < 4.78 is 9.85. The largest absolute Gasteiger partial charge is 0.465 e. The van der Waals surface area contributed by atoms with E-state index >= 15 is 0 Å². The first-order valence-corrected chi connectivity index (χ1v) is 7.26. The second-order valence-corrected chi connectivity index (χ2v) is 5.21. The number of hydrogen-bond acceptors (Lipinski definition) is 5. The molecule has 0 radical (unpaired) electrons. The van der Waals surface area contributed by atoms with E-state index in [0.717, 1.165) is 5.56 Å². The van der Waals surface area contributed by atoms with E-state index in [4.69, 9.17) is 26.0 Å². The summed E-state index contributed by atoms with van der Waals surface area (Å²) in [6.45, 7) is 1.27. The predicted octanol–water partition coefficient (Wildman–Crippen LogP) is 3.33. The number of nitrogens with one attached hydrogen (secondary N) is 1. The third kappa shape index (κ3) is 4.73. The van der Waals surface area contributed by atoms with Gasteiger partial charge in [-0.25, -0.2) is 4.79 Å². The number of furan rings is 1. The molecule has 0 fully saturated rings.